The third-order valence-corrected chi connectivity index (χ3v) is 17.3. The van der Waals surface area contributed by atoms with Gasteiger partial charge in [-0.1, -0.05) is 206 Å². The Bertz CT molecular complexity index is 4440. The van der Waals surface area contributed by atoms with E-state index < -0.39 is 5.41 Å². The van der Waals surface area contributed by atoms with Gasteiger partial charge >= 0.3 is 0 Å². The topological polar surface area (TPSA) is 38.7 Å². The monoisotopic (exact) mass is 937 g/mol. The summed E-state index contributed by atoms with van der Waals surface area (Å²) in [5.41, 5.74) is 12.0. The molecule has 3 nitrogen and oxygen atoms in total. The minimum absolute atomic E-state index is 0.637. The van der Waals surface area contributed by atoms with Crippen LogP contribution >= 0.6 is 22.7 Å². The van der Waals surface area contributed by atoms with Gasteiger partial charge in [-0.2, -0.15) is 0 Å². The van der Waals surface area contributed by atoms with Crippen LogP contribution in [0.15, 0.2) is 237 Å². The number of benzene rings is 11. The second kappa shape index (κ2) is 15.7. The zero-order valence-corrected chi connectivity index (χ0v) is 39.8. The second-order valence-electron chi connectivity index (χ2n) is 18.5. The molecule has 14 aromatic rings. The molecule has 1 aliphatic carbocycles. The first-order valence-corrected chi connectivity index (χ1v) is 25.7. The molecule has 0 fully saturated rings. The van der Waals surface area contributed by atoms with Crippen molar-refractivity contribution in [1.82, 2.24) is 15.0 Å². The van der Waals surface area contributed by atoms with Crippen LogP contribution in [0, 0.1) is 0 Å². The largest absolute Gasteiger partial charge is 0.208 e. The summed E-state index contributed by atoms with van der Waals surface area (Å²) in [5, 5.41) is 9.90. The molecule has 71 heavy (non-hydrogen) atoms. The van der Waals surface area contributed by atoms with Crippen LogP contribution < -0.4 is 0 Å². The van der Waals surface area contributed by atoms with E-state index in [1.807, 2.05) is 11.3 Å². The lowest BCUT2D eigenvalue weighted by molar-refractivity contribution is 0.769. The summed E-state index contributed by atoms with van der Waals surface area (Å²) >= 11 is 3.61. The Morgan fingerprint density at radius 2 is 0.775 bits per heavy atom. The first-order chi connectivity index (χ1) is 35.2. The Hall–Kier alpha value is -8.61. The fourth-order valence-electron chi connectivity index (χ4n) is 11.8. The average molecular weight is 938 g/mol. The SMILES string of the molecule is c1ccc(C2(c3ccccc3-c3nc(-c4cccc5c4sc4ccccc45)nc(-c4cccc5c4sc4cccc(-c6ccc7c(ccc8ccccc87)c6)c45)n3)c3ccccc3-c3ccccc32)cc1. The van der Waals surface area contributed by atoms with Crippen molar-refractivity contribution >= 4 is 84.6 Å². The molecule has 0 spiro atoms. The van der Waals surface area contributed by atoms with Gasteiger partial charge < -0.3 is 0 Å². The first kappa shape index (κ1) is 40.3. The van der Waals surface area contributed by atoms with Gasteiger partial charge in [0.2, 0.25) is 0 Å². The predicted octanol–water partition coefficient (Wildman–Crippen LogP) is 17.9. The fraction of sp³-hybridized carbons (Fsp3) is 0.0152. The van der Waals surface area contributed by atoms with Crippen molar-refractivity contribution < 1.29 is 0 Å². The Morgan fingerprint density at radius 1 is 0.296 bits per heavy atom. The first-order valence-electron chi connectivity index (χ1n) is 24.1. The molecule has 0 bridgehead atoms. The van der Waals surface area contributed by atoms with Gasteiger partial charge in [0, 0.05) is 57.0 Å². The lowest BCUT2D eigenvalue weighted by Crippen LogP contribution is -2.29. The number of hydrogen-bond donors (Lipinski definition) is 0. The second-order valence-corrected chi connectivity index (χ2v) is 20.6. The van der Waals surface area contributed by atoms with E-state index in [0.29, 0.717) is 17.5 Å². The van der Waals surface area contributed by atoms with Crippen molar-refractivity contribution in [2.75, 3.05) is 0 Å². The van der Waals surface area contributed by atoms with Gasteiger partial charge in [0.05, 0.1) is 5.41 Å². The van der Waals surface area contributed by atoms with Gasteiger partial charge in [-0.3, -0.25) is 0 Å². The number of hydrogen-bond acceptors (Lipinski definition) is 5. The molecule has 0 amide bonds. The number of rotatable bonds is 6. The van der Waals surface area contributed by atoms with Crippen molar-refractivity contribution in [2.45, 2.75) is 5.41 Å². The highest BCUT2D eigenvalue weighted by atomic mass is 32.1. The maximum Gasteiger partial charge on any atom is 0.165 e. The lowest BCUT2D eigenvalue weighted by Gasteiger charge is -2.35. The van der Waals surface area contributed by atoms with Gasteiger partial charge in [-0.25, -0.2) is 15.0 Å². The van der Waals surface area contributed by atoms with Crippen molar-refractivity contribution in [3.05, 3.63) is 259 Å². The normalized spacial score (nSPS) is 12.9. The minimum Gasteiger partial charge on any atom is -0.208 e. The van der Waals surface area contributed by atoms with E-state index in [0.717, 1.165) is 31.7 Å². The van der Waals surface area contributed by atoms with Crippen LogP contribution in [0.5, 0.6) is 0 Å². The summed E-state index contributed by atoms with van der Waals surface area (Å²) < 4.78 is 4.78. The number of fused-ring (bicyclic) bond motifs is 12. The highest BCUT2D eigenvalue weighted by molar-refractivity contribution is 7.26. The van der Waals surface area contributed by atoms with E-state index in [4.69, 9.17) is 15.0 Å². The smallest absolute Gasteiger partial charge is 0.165 e. The van der Waals surface area contributed by atoms with Crippen LogP contribution in [0.1, 0.15) is 22.3 Å². The molecule has 3 aromatic heterocycles. The van der Waals surface area contributed by atoms with Gasteiger partial charge in [0.25, 0.3) is 0 Å². The van der Waals surface area contributed by atoms with E-state index in [-0.39, 0.29) is 0 Å². The van der Waals surface area contributed by atoms with Crippen LogP contribution in [0.2, 0.25) is 0 Å². The standard InChI is InChI=1S/C66H39N3S2/c1-2-18-43(19-3-1)66(55-30-10-6-21-47(55)48-22-7-11-31-56(48)66)57-32-12-8-24-51(57)63-67-64(53-28-14-26-50-49-23-9-13-33-58(49)70-61(50)53)69-65(68-63)54-29-15-27-52-60-46(25-16-34-59(60)71-62(52)54)42-37-38-45-41(39-42)36-35-40-17-4-5-20-44(40)45/h1-39H. The lowest BCUT2D eigenvalue weighted by atomic mass is 9.66. The van der Waals surface area contributed by atoms with Crippen molar-refractivity contribution in [2.24, 2.45) is 0 Å². The number of thiophene rings is 2. The van der Waals surface area contributed by atoms with Crippen molar-refractivity contribution in [3.63, 3.8) is 0 Å². The Labute approximate surface area is 417 Å². The molecular weight excluding hydrogens is 899 g/mol. The average Bonchev–Trinajstić information content (AvgIpc) is 4.12. The summed E-state index contributed by atoms with van der Waals surface area (Å²) in [5.74, 6) is 1.94. The van der Waals surface area contributed by atoms with Crippen LogP contribution in [-0.4, -0.2) is 15.0 Å². The van der Waals surface area contributed by atoms with Crippen LogP contribution in [0.4, 0.5) is 0 Å². The van der Waals surface area contributed by atoms with Gasteiger partial charge in [-0.05, 0) is 96.4 Å². The summed E-state index contributed by atoms with van der Waals surface area (Å²) in [6.45, 7) is 0. The molecule has 15 rings (SSSR count). The van der Waals surface area contributed by atoms with E-state index in [9.17, 15) is 0 Å². The highest BCUT2D eigenvalue weighted by Gasteiger charge is 2.47. The molecule has 0 atom stereocenters. The molecule has 11 aromatic carbocycles. The fourth-order valence-corrected chi connectivity index (χ4v) is 14.2. The molecule has 5 heteroatoms. The summed E-state index contributed by atoms with van der Waals surface area (Å²) in [6.07, 6.45) is 0. The molecule has 0 saturated heterocycles. The van der Waals surface area contributed by atoms with Gasteiger partial charge in [0.1, 0.15) is 0 Å². The molecule has 1 aliphatic rings. The Balaban J connectivity index is 0.988. The number of nitrogens with zero attached hydrogens (tertiary/aromatic N) is 3. The predicted molar refractivity (Wildman–Crippen MR) is 300 cm³/mol. The Kier molecular flexibility index (Phi) is 8.91. The molecule has 0 radical (unpaired) electrons. The summed E-state index contributed by atoms with van der Waals surface area (Å²) in [4.78, 5) is 16.8. The van der Waals surface area contributed by atoms with Gasteiger partial charge in [-0.15, -0.1) is 22.7 Å². The molecule has 0 unspecified atom stereocenters. The maximum absolute atomic E-state index is 5.64. The van der Waals surface area contributed by atoms with E-state index in [1.54, 1.807) is 11.3 Å². The van der Waals surface area contributed by atoms with Crippen molar-refractivity contribution in [3.8, 4) is 56.4 Å². The van der Waals surface area contributed by atoms with E-state index in [1.165, 1.54) is 91.4 Å². The molecule has 0 aliphatic heterocycles. The maximum atomic E-state index is 5.64. The number of aromatic nitrogens is 3. The zero-order chi connectivity index (χ0) is 46.6. The van der Waals surface area contributed by atoms with Crippen LogP contribution in [0.3, 0.4) is 0 Å². The van der Waals surface area contributed by atoms with E-state index >= 15 is 0 Å². The molecule has 3 heterocycles. The van der Waals surface area contributed by atoms with Gasteiger partial charge in [0.15, 0.2) is 17.5 Å². The summed E-state index contributed by atoms with van der Waals surface area (Å²) in [6, 6.07) is 86.2. The zero-order valence-electron chi connectivity index (χ0n) is 38.2. The van der Waals surface area contributed by atoms with Crippen molar-refractivity contribution in [1.29, 1.82) is 0 Å². The third kappa shape index (κ3) is 5.97. The molecule has 330 valence electrons. The van der Waals surface area contributed by atoms with Crippen LogP contribution in [-0.2, 0) is 5.41 Å². The third-order valence-electron chi connectivity index (χ3n) is 14.8. The highest BCUT2D eigenvalue weighted by Crippen LogP contribution is 2.58. The summed E-state index contributed by atoms with van der Waals surface area (Å²) in [7, 11) is 0. The molecule has 0 N–H and O–H groups in total. The molecular formula is C66H39N3S2. The minimum atomic E-state index is -0.652. The Morgan fingerprint density at radius 3 is 1.52 bits per heavy atom. The van der Waals surface area contributed by atoms with E-state index in [2.05, 4.69) is 237 Å². The molecule has 0 saturated carbocycles. The quantitative estimate of drug-likeness (QED) is 0.156. The van der Waals surface area contributed by atoms with Crippen LogP contribution in [0.25, 0.3) is 118 Å².